The number of hydrogen-bond donors (Lipinski definition) is 2. The van der Waals surface area contributed by atoms with Crippen LogP contribution in [0, 0.1) is 5.41 Å². The van der Waals surface area contributed by atoms with Crippen molar-refractivity contribution in [2.75, 3.05) is 25.0 Å². The summed E-state index contributed by atoms with van der Waals surface area (Å²) in [5.41, 5.74) is 0.0141. The lowest BCUT2D eigenvalue weighted by Crippen LogP contribution is -2.46. The Balaban J connectivity index is 2.00. The summed E-state index contributed by atoms with van der Waals surface area (Å²) in [6, 6.07) is 3.08. The van der Waals surface area contributed by atoms with Crippen LogP contribution >= 0.6 is 0 Å². The van der Waals surface area contributed by atoms with Gasteiger partial charge in [-0.1, -0.05) is 6.92 Å². The summed E-state index contributed by atoms with van der Waals surface area (Å²) in [5.74, 6) is 0. The van der Waals surface area contributed by atoms with Crippen LogP contribution in [0.2, 0.25) is 0 Å². The van der Waals surface area contributed by atoms with Crippen molar-refractivity contribution in [2.45, 2.75) is 26.2 Å². The van der Waals surface area contributed by atoms with Gasteiger partial charge in [0.25, 0.3) is 5.56 Å². The minimum Gasteiger partial charge on any atom is -0.396 e. The maximum atomic E-state index is 12.2. The number of likely N-dealkylation sites (tertiary alicyclic amines) is 1. The first-order valence-electron chi connectivity index (χ1n) is 7.34. The number of aromatic nitrogens is 1. The maximum absolute atomic E-state index is 12.2. The average Bonchev–Trinajstić information content (AvgIpc) is 2.52. The normalized spacial score (nSPS) is 17.6. The van der Waals surface area contributed by atoms with E-state index in [1.165, 1.54) is 4.57 Å². The van der Waals surface area contributed by atoms with E-state index >= 15 is 0 Å². The lowest BCUT2D eigenvalue weighted by molar-refractivity contribution is 0.0542. The Morgan fingerprint density at radius 1 is 1.43 bits per heavy atom. The van der Waals surface area contributed by atoms with Gasteiger partial charge in [-0.05, 0) is 36.8 Å². The number of hydrogen-bond acceptors (Lipinski definition) is 3. The molecule has 0 saturated carbocycles. The molecule has 0 atom stereocenters. The molecular formula is C15H23N3O3. The molecule has 1 aliphatic heterocycles. The second-order valence-electron chi connectivity index (χ2n) is 5.77. The maximum Gasteiger partial charge on any atom is 0.321 e. The third-order valence-corrected chi connectivity index (χ3v) is 4.56. The van der Waals surface area contributed by atoms with Crippen LogP contribution in [-0.4, -0.2) is 40.3 Å². The van der Waals surface area contributed by atoms with E-state index in [4.69, 9.17) is 0 Å². The number of piperidine rings is 1. The van der Waals surface area contributed by atoms with E-state index in [2.05, 4.69) is 12.2 Å². The van der Waals surface area contributed by atoms with Gasteiger partial charge in [0, 0.05) is 32.9 Å². The van der Waals surface area contributed by atoms with Crippen LogP contribution in [0.3, 0.4) is 0 Å². The van der Waals surface area contributed by atoms with Gasteiger partial charge >= 0.3 is 6.03 Å². The van der Waals surface area contributed by atoms with Gasteiger partial charge in [0.2, 0.25) is 0 Å². The van der Waals surface area contributed by atoms with Crippen molar-refractivity contribution in [1.29, 1.82) is 0 Å². The predicted molar refractivity (Wildman–Crippen MR) is 81.3 cm³/mol. The summed E-state index contributed by atoms with van der Waals surface area (Å²) in [4.78, 5) is 25.8. The van der Waals surface area contributed by atoms with Crippen molar-refractivity contribution in [3.8, 4) is 0 Å². The summed E-state index contributed by atoms with van der Waals surface area (Å²) in [7, 11) is 1.65. The smallest absolute Gasteiger partial charge is 0.321 e. The molecule has 2 N–H and O–H groups in total. The lowest BCUT2D eigenvalue weighted by atomic mass is 9.77. The van der Waals surface area contributed by atoms with E-state index in [1.807, 2.05) is 0 Å². The van der Waals surface area contributed by atoms with E-state index in [0.29, 0.717) is 18.8 Å². The van der Waals surface area contributed by atoms with E-state index in [1.54, 1.807) is 30.3 Å². The third kappa shape index (κ3) is 3.26. The van der Waals surface area contributed by atoms with E-state index in [0.717, 1.165) is 19.3 Å². The molecule has 0 bridgehead atoms. The van der Waals surface area contributed by atoms with Crippen molar-refractivity contribution in [3.05, 3.63) is 28.7 Å². The highest BCUT2D eigenvalue weighted by molar-refractivity contribution is 5.89. The van der Waals surface area contributed by atoms with Crippen molar-refractivity contribution in [1.82, 2.24) is 9.47 Å². The first-order valence-corrected chi connectivity index (χ1v) is 7.34. The first kappa shape index (κ1) is 15.6. The minimum atomic E-state index is -0.249. The molecule has 0 spiro atoms. The molecule has 2 amide bonds. The topological polar surface area (TPSA) is 74.6 Å². The number of urea groups is 1. The number of nitrogens with one attached hydrogen (secondary N) is 1. The van der Waals surface area contributed by atoms with Crippen LogP contribution in [0.1, 0.15) is 26.2 Å². The van der Waals surface area contributed by atoms with Gasteiger partial charge in [0.05, 0.1) is 0 Å². The zero-order valence-electron chi connectivity index (χ0n) is 12.6. The molecule has 1 saturated heterocycles. The fourth-order valence-corrected chi connectivity index (χ4v) is 2.69. The van der Waals surface area contributed by atoms with Crippen LogP contribution in [0.25, 0.3) is 0 Å². The molecule has 6 nitrogen and oxygen atoms in total. The minimum absolute atomic E-state index is 0.0559. The molecule has 0 aliphatic carbocycles. The highest BCUT2D eigenvalue weighted by atomic mass is 16.3. The fraction of sp³-hybridized carbons (Fsp3) is 0.600. The summed E-state index contributed by atoms with van der Waals surface area (Å²) < 4.78 is 1.43. The molecule has 1 aromatic heterocycles. The fourth-order valence-electron chi connectivity index (χ4n) is 2.69. The second-order valence-corrected chi connectivity index (χ2v) is 5.77. The van der Waals surface area contributed by atoms with Gasteiger partial charge < -0.3 is 19.9 Å². The summed E-state index contributed by atoms with van der Waals surface area (Å²) in [6.45, 7) is 3.44. The highest BCUT2D eigenvalue weighted by Crippen LogP contribution is 2.34. The van der Waals surface area contributed by atoms with Crippen LogP contribution in [-0.2, 0) is 7.05 Å². The zero-order chi connectivity index (χ0) is 15.5. The highest BCUT2D eigenvalue weighted by Gasteiger charge is 2.33. The second kappa shape index (κ2) is 6.30. The number of pyridine rings is 1. The summed E-state index contributed by atoms with van der Waals surface area (Å²) in [6.07, 6.45) is 4.15. The zero-order valence-corrected chi connectivity index (χ0v) is 12.6. The van der Waals surface area contributed by atoms with Gasteiger partial charge in [-0.15, -0.1) is 0 Å². The number of nitrogens with zero attached hydrogens (tertiary/aromatic N) is 2. The van der Waals surface area contributed by atoms with Gasteiger partial charge in [-0.25, -0.2) is 4.79 Å². The Hall–Kier alpha value is -1.82. The molecule has 21 heavy (non-hydrogen) atoms. The van der Waals surface area contributed by atoms with Crippen LogP contribution in [0.5, 0.6) is 0 Å². The molecule has 1 aliphatic rings. The Kier molecular flexibility index (Phi) is 4.67. The third-order valence-electron chi connectivity index (χ3n) is 4.56. The number of carbonyl (C=O) groups excluding carboxylic acids is 1. The molecule has 2 rings (SSSR count). The number of aliphatic hydroxyl groups excluding tert-OH is 1. The van der Waals surface area contributed by atoms with E-state index in [-0.39, 0.29) is 23.6 Å². The SMILES string of the molecule is CCC1(CO)CCN(C(=O)Nc2cccn(C)c2=O)CC1. The molecule has 0 unspecified atom stereocenters. The average molecular weight is 293 g/mol. The monoisotopic (exact) mass is 293 g/mol. The quantitative estimate of drug-likeness (QED) is 0.884. The van der Waals surface area contributed by atoms with Gasteiger partial charge in [-0.3, -0.25) is 4.79 Å². The number of carbonyl (C=O) groups is 1. The Labute approximate surface area is 124 Å². The predicted octanol–water partition coefficient (Wildman–Crippen LogP) is 1.40. The number of aryl methyl sites for hydroxylation is 1. The molecule has 2 heterocycles. The standard InChI is InChI=1S/C15H23N3O3/c1-3-15(11-19)6-9-18(10-7-15)14(21)16-12-5-4-8-17(2)13(12)20/h4-5,8,19H,3,6-7,9-11H2,1-2H3,(H,16,21). The van der Waals surface area contributed by atoms with Crippen molar-refractivity contribution >= 4 is 11.7 Å². The van der Waals surface area contributed by atoms with Crippen molar-refractivity contribution in [2.24, 2.45) is 12.5 Å². The van der Waals surface area contributed by atoms with Crippen molar-refractivity contribution < 1.29 is 9.90 Å². The Bertz CT molecular complexity index is 554. The molecule has 0 radical (unpaired) electrons. The van der Waals surface area contributed by atoms with Gasteiger partial charge in [0.15, 0.2) is 0 Å². The van der Waals surface area contributed by atoms with Gasteiger partial charge in [-0.2, -0.15) is 0 Å². The first-order chi connectivity index (χ1) is 10.0. The van der Waals surface area contributed by atoms with Crippen molar-refractivity contribution in [3.63, 3.8) is 0 Å². The molecule has 116 valence electrons. The van der Waals surface area contributed by atoms with Crippen LogP contribution < -0.4 is 10.9 Å². The lowest BCUT2D eigenvalue weighted by Gasteiger charge is -2.40. The van der Waals surface area contributed by atoms with Crippen LogP contribution in [0.4, 0.5) is 10.5 Å². The number of anilines is 1. The van der Waals surface area contributed by atoms with Gasteiger partial charge in [0.1, 0.15) is 5.69 Å². The molecular weight excluding hydrogens is 270 g/mol. The van der Waals surface area contributed by atoms with Crippen LogP contribution in [0.15, 0.2) is 23.1 Å². The number of aliphatic hydroxyl groups is 1. The molecule has 0 aromatic carbocycles. The Morgan fingerprint density at radius 2 is 2.10 bits per heavy atom. The Morgan fingerprint density at radius 3 is 2.67 bits per heavy atom. The molecule has 1 fully saturated rings. The number of amides is 2. The largest absolute Gasteiger partial charge is 0.396 e. The summed E-state index contributed by atoms with van der Waals surface area (Å²) >= 11 is 0. The molecule has 1 aromatic rings. The molecule has 6 heteroatoms. The van der Waals surface area contributed by atoms with E-state index < -0.39 is 0 Å². The number of rotatable bonds is 3. The summed E-state index contributed by atoms with van der Waals surface area (Å²) in [5, 5.41) is 12.2. The van der Waals surface area contributed by atoms with E-state index in [9.17, 15) is 14.7 Å².